The molecule has 130 valence electrons. The molecule has 0 aromatic carbocycles. The molecule has 1 saturated carbocycles. The fourth-order valence-corrected chi connectivity index (χ4v) is 5.41. The van der Waals surface area contributed by atoms with E-state index in [2.05, 4.69) is 20.2 Å². The molecule has 0 radical (unpaired) electrons. The Balaban J connectivity index is 1.26. The lowest BCUT2D eigenvalue weighted by Crippen LogP contribution is -2.61. The van der Waals surface area contributed by atoms with Crippen molar-refractivity contribution in [3.8, 4) is 5.19 Å². The van der Waals surface area contributed by atoms with Gasteiger partial charge in [0.15, 0.2) is 0 Å². The van der Waals surface area contributed by atoms with Crippen LogP contribution < -0.4 is 10.1 Å². The Morgan fingerprint density at radius 3 is 2.68 bits per heavy atom. The smallest absolute Gasteiger partial charge is 0.275 e. The summed E-state index contributed by atoms with van der Waals surface area (Å²) in [6.07, 6.45) is 6.10. The minimum absolute atomic E-state index is 0.214. The van der Waals surface area contributed by atoms with Crippen LogP contribution in [0.25, 0.3) is 0 Å². The van der Waals surface area contributed by atoms with Crippen molar-refractivity contribution in [2.24, 2.45) is 17.8 Å². The lowest BCUT2D eigenvalue weighted by Gasteiger charge is -2.55. The molecule has 6 nitrogen and oxygen atoms in total. The maximum atomic E-state index is 12.3. The van der Waals surface area contributed by atoms with Gasteiger partial charge in [0.25, 0.3) is 11.1 Å². The van der Waals surface area contributed by atoms with Gasteiger partial charge in [0.05, 0.1) is 0 Å². The number of carbonyl (C=O) groups is 1. The normalized spacial score (nSPS) is 32.6. The summed E-state index contributed by atoms with van der Waals surface area (Å²) in [7, 11) is 0. The van der Waals surface area contributed by atoms with E-state index in [1.165, 1.54) is 30.7 Å². The first-order valence-corrected chi connectivity index (χ1v) is 9.68. The number of piperidine rings is 3. The third-order valence-electron chi connectivity index (χ3n) is 5.59. The van der Waals surface area contributed by atoms with Gasteiger partial charge in [-0.15, -0.1) is 0 Å². The second-order valence-corrected chi connectivity index (χ2v) is 8.17. The van der Waals surface area contributed by atoms with Crippen LogP contribution in [-0.4, -0.2) is 46.5 Å². The Bertz CT molecular complexity index is 750. The molecule has 0 spiro atoms. The van der Waals surface area contributed by atoms with E-state index in [9.17, 15) is 4.79 Å². The number of carbonyl (C=O) groups excluding carboxylic acids is 1. The van der Waals surface area contributed by atoms with Gasteiger partial charge in [-0.1, -0.05) is 11.3 Å². The molecule has 2 aromatic rings. The summed E-state index contributed by atoms with van der Waals surface area (Å²) in [5.74, 6) is 1.87. The molecular formula is C18H20N4O2S. The van der Waals surface area contributed by atoms with Crippen molar-refractivity contribution < 1.29 is 9.53 Å². The maximum absolute atomic E-state index is 12.3. The molecule has 3 saturated heterocycles. The van der Waals surface area contributed by atoms with Crippen molar-refractivity contribution >= 4 is 22.9 Å². The number of pyridine rings is 1. The Labute approximate surface area is 150 Å². The van der Waals surface area contributed by atoms with Crippen LogP contribution in [0.1, 0.15) is 23.3 Å². The Morgan fingerprint density at radius 2 is 1.96 bits per heavy atom. The van der Waals surface area contributed by atoms with E-state index in [1.54, 1.807) is 29.9 Å². The van der Waals surface area contributed by atoms with E-state index in [0.29, 0.717) is 28.4 Å². The van der Waals surface area contributed by atoms with Crippen molar-refractivity contribution in [2.75, 3.05) is 25.0 Å². The van der Waals surface area contributed by atoms with E-state index >= 15 is 0 Å². The van der Waals surface area contributed by atoms with Crippen LogP contribution >= 0.6 is 11.3 Å². The molecule has 1 aliphatic carbocycles. The zero-order chi connectivity index (χ0) is 16.8. The average molecular weight is 356 g/mol. The molecule has 1 N–H and O–H groups in total. The standard InChI is InChI=1S/C18H20N4O2S/c23-17(20-14-1-3-19-4-2-14)15-10-25-18(21-15)24-16-12-5-11-6-13(16)9-22(7-11)8-12/h1-4,10-13,16H,5-9H2,(H,19,20,23). The summed E-state index contributed by atoms with van der Waals surface area (Å²) in [5.41, 5.74) is 1.12. The van der Waals surface area contributed by atoms with Crippen LogP contribution in [0, 0.1) is 17.8 Å². The van der Waals surface area contributed by atoms with Gasteiger partial charge in [0.2, 0.25) is 0 Å². The molecule has 4 fully saturated rings. The van der Waals surface area contributed by atoms with Gasteiger partial charge >= 0.3 is 0 Å². The highest BCUT2D eigenvalue weighted by molar-refractivity contribution is 7.11. The van der Waals surface area contributed by atoms with Gasteiger partial charge in [-0.3, -0.25) is 9.78 Å². The number of hydrogen-bond donors (Lipinski definition) is 1. The largest absolute Gasteiger partial charge is 0.466 e. The van der Waals surface area contributed by atoms with Crippen molar-refractivity contribution in [1.29, 1.82) is 0 Å². The van der Waals surface area contributed by atoms with Crippen LogP contribution in [0.15, 0.2) is 29.9 Å². The molecule has 6 rings (SSSR count). The fourth-order valence-electron chi connectivity index (χ4n) is 4.72. The van der Waals surface area contributed by atoms with Crippen molar-refractivity contribution in [3.63, 3.8) is 0 Å². The van der Waals surface area contributed by atoms with Gasteiger partial charge in [-0.2, -0.15) is 4.98 Å². The van der Waals surface area contributed by atoms with Gasteiger partial charge in [-0.05, 0) is 30.9 Å². The van der Waals surface area contributed by atoms with Crippen molar-refractivity contribution in [2.45, 2.75) is 18.9 Å². The molecule has 4 bridgehead atoms. The van der Waals surface area contributed by atoms with Gasteiger partial charge in [0, 0.05) is 54.9 Å². The quantitative estimate of drug-likeness (QED) is 0.912. The highest BCUT2D eigenvalue weighted by Gasteiger charge is 2.48. The molecule has 7 heteroatoms. The van der Waals surface area contributed by atoms with Crippen LogP contribution in [0.5, 0.6) is 5.19 Å². The number of ether oxygens (including phenoxy) is 1. The monoisotopic (exact) mass is 356 g/mol. The first-order valence-electron chi connectivity index (χ1n) is 8.80. The predicted molar refractivity (Wildman–Crippen MR) is 94.9 cm³/mol. The summed E-state index contributed by atoms with van der Waals surface area (Å²) in [6, 6.07) is 3.51. The average Bonchev–Trinajstić information content (AvgIpc) is 3.07. The SMILES string of the molecule is O=C(Nc1ccncc1)c1csc(OC2C3CC4CC2CN(C4)C3)n1. The fraction of sp³-hybridized carbons (Fsp3) is 0.500. The first kappa shape index (κ1) is 15.3. The highest BCUT2D eigenvalue weighted by atomic mass is 32.1. The van der Waals surface area contributed by atoms with Gasteiger partial charge < -0.3 is 15.0 Å². The zero-order valence-corrected chi connectivity index (χ0v) is 14.6. The third kappa shape index (κ3) is 2.91. The van der Waals surface area contributed by atoms with Gasteiger partial charge in [-0.25, -0.2) is 0 Å². The summed E-state index contributed by atoms with van der Waals surface area (Å²) in [4.78, 5) is 23.3. The number of nitrogens with one attached hydrogen (secondary N) is 1. The first-order chi connectivity index (χ1) is 12.2. The van der Waals surface area contributed by atoms with E-state index in [-0.39, 0.29) is 12.0 Å². The number of aromatic nitrogens is 2. The molecule has 3 aliphatic heterocycles. The Kier molecular flexibility index (Phi) is 3.71. The van der Waals surface area contributed by atoms with E-state index < -0.39 is 0 Å². The van der Waals surface area contributed by atoms with E-state index in [0.717, 1.165) is 19.0 Å². The molecule has 1 amide bonds. The van der Waals surface area contributed by atoms with E-state index in [4.69, 9.17) is 4.74 Å². The number of nitrogens with zero attached hydrogens (tertiary/aromatic N) is 3. The third-order valence-corrected chi connectivity index (χ3v) is 6.32. The zero-order valence-electron chi connectivity index (χ0n) is 13.8. The number of hydrogen-bond acceptors (Lipinski definition) is 6. The summed E-state index contributed by atoms with van der Waals surface area (Å²) < 4.78 is 6.26. The molecule has 25 heavy (non-hydrogen) atoms. The summed E-state index contributed by atoms with van der Waals surface area (Å²) >= 11 is 1.41. The van der Waals surface area contributed by atoms with E-state index in [1.807, 2.05) is 0 Å². The van der Waals surface area contributed by atoms with Crippen LogP contribution in [0.2, 0.25) is 0 Å². The molecule has 2 atom stereocenters. The lowest BCUT2D eigenvalue weighted by molar-refractivity contribution is -0.0985. The molecule has 2 unspecified atom stereocenters. The number of thiazole rings is 1. The number of amides is 1. The minimum Gasteiger partial charge on any atom is -0.466 e. The number of anilines is 1. The Hall–Kier alpha value is -1.99. The highest BCUT2D eigenvalue weighted by Crippen LogP contribution is 2.45. The second kappa shape index (κ2) is 6.07. The summed E-state index contributed by atoms with van der Waals surface area (Å²) in [6.45, 7) is 3.58. The predicted octanol–water partition coefficient (Wildman–Crippen LogP) is 2.51. The van der Waals surface area contributed by atoms with Crippen LogP contribution in [-0.2, 0) is 0 Å². The topological polar surface area (TPSA) is 67.3 Å². The molecule has 2 aromatic heterocycles. The minimum atomic E-state index is -0.214. The van der Waals surface area contributed by atoms with Crippen molar-refractivity contribution in [3.05, 3.63) is 35.6 Å². The maximum Gasteiger partial charge on any atom is 0.275 e. The number of rotatable bonds is 4. The molecular weight excluding hydrogens is 336 g/mol. The molecule has 4 aliphatic rings. The van der Waals surface area contributed by atoms with Gasteiger partial charge in [0.1, 0.15) is 11.8 Å². The van der Waals surface area contributed by atoms with Crippen LogP contribution in [0.3, 0.4) is 0 Å². The second-order valence-electron chi connectivity index (χ2n) is 7.35. The summed E-state index contributed by atoms with van der Waals surface area (Å²) in [5, 5.41) is 5.22. The lowest BCUT2D eigenvalue weighted by atomic mass is 9.66. The Morgan fingerprint density at radius 1 is 1.20 bits per heavy atom. The van der Waals surface area contributed by atoms with Crippen LogP contribution in [0.4, 0.5) is 5.69 Å². The molecule has 5 heterocycles. The van der Waals surface area contributed by atoms with Crippen molar-refractivity contribution in [1.82, 2.24) is 14.9 Å².